The summed E-state index contributed by atoms with van der Waals surface area (Å²) in [5.41, 5.74) is 1.38. The van der Waals surface area contributed by atoms with Gasteiger partial charge in [-0.05, 0) is 31.2 Å². The van der Waals surface area contributed by atoms with Crippen LogP contribution < -0.4 is 0 Å². The van der Waals surface area contributed by atoms with Gasteiger partial charge in [-0.1, -0.05) is 0 Å². The number of nitrogens with zero attached hydrogens (tertiary/aromatic N) is 3. The molecule has 0 spiro atoms. The lowest BCUT2D eigenvalue weighted by atomic mass is 10.2. The molecule has 1 heterocycles. The number of ether oxygens (including phenoxy) is 1. The van der Waals surface area contributed by atoms with Crippen molar-refractivity contribution in [2.45, 2.75) is 6.92 Å². The molecular weight excluding hydrogens is 234 g/mol. The number of hydrogen-bond acceptors (Lipinski definition) is 5. The highest BCUT2D eigenvalue weighted by molar-refractivity contribution is 5.86. The molecule has 1 aromatic carbocycles. The molecule has 0 aliphatic carbocycles. The standard InChI is InChI=1S/C12H11N3O3/c1-2-18-12(17)11-7-13-15(14-11)10-5-3-9(8-16)4-6-10/h3-8H,2H2,1H3. The Bertz CT molecular complexity index is 560. The van der Waals surface area contributed by atoms with Crippen molar-refractivity contribution in [2.75, 3.05) is 6.61 Å². The van der Waals surface area contributed by atoms with Gasteiger partial charge in [-0.3, -0.25) is 4.79 Å². The highest BCUT2D eigenvalue weighted by Crippen LogP contribution is 2.07. The van der Waals surface area contributed by atoms with Crippen LogP contribution >= 0.6 is 0 Å². The summed E-state index contributed by atoms with van der Waals surface area (Å²) in [6, 6.07) is 6.68. The molecular formula is C12H11N3O3. The van der Waals surface area contributed by atoms with Gasteiger partial charge in [0, 0.05) is 5.56 Å². The molecule has 0 radical (unpaired) electrons. The van der Waals surface area contributed by atoms with Crippen LogP contribution in [0.15, 0.2) is 30.5 Å². The molecule has 6 heteroatoms. The Hall–Kier alpha value is -2.50. The van der Waals surface area contributed by atoms with Crippen molar-refractivity contribution in [3.63, 3.8) is 0 Å². The van der Waals surface area contributed by atoms with Gasteiger partial charge in [0.2, 0.25) is 0 Å². The average molecular weight is 245 g/mol. The van der Waals surface area contributed by atoms with Gasteiger partial charge in [-0.25, -0.2) is 4.79 Å². The molecule has 1 aromatic heterocycles. The molecule has 0 N–H and O–H groups in total. The average Bonchev–Trinajstić information content (AvgIpc) is 2.89. The first-order valence-electron chi connectivity index (χ1n) is 5.39. The Morgan fingerprint density at radius 1 is 1.39 bits per heavy atom. The van der Waals surface area contributed by atoms with E-state index in [1.807, 2.05) is 0 Å². The molecule has 0 aliphatic rings. The van der Waals surface area contributed by atoms with E-state index < -0.39 is 5.97 Å². The third kappa shape index (κ3) is 2.42. The molecule has 0 saturated heterocycles. The molecule has 0 saturated carbocycles. The number of carbonyl (C=O) groups excluding carboxylic acids is 2. The summed E-state index contributed by atoms with van der Waals surface area (Å²) >= 11 is 0. The fourth-order valence-electron chi connectivity index (χ4n) is 1.37. The molecule has 0 amide bonds. The van der Waals surface area contributed by atoms with Crippen LogP contribution in [0.1, 0.15) is 27.8 Å². The highest BCUT2D eigenvalue weighted by atomic mass is 16.5. The maximum absolute atomic E-state index is 11.4. The second-order valence-electron chi connectivity index (χ2n) is 3.45. The van der Waals surface area contributed by atoms with Crippen LogP contribution in [0, 0.1) is 0 Å². The van der Waals surface area contributed by atoms with E-state index in [-0.39, 0.29) is 5.69 Å². The first kappa shape index (κ1) is 12.0. The smallest absolute Gasteiger partial charge is 0.360 e. The van der Waals surface area contributed by atoms with Gasteiger partial charge < -0.3 is 4.74 Å². The summed E-state index contributed by atoms with van der Waals surface area (Å²) < 4.78 is 4.81. The Labute approximate surface area is 103 Å². The van der Waals surface area contributed by atoms with Crippen molar-refractivity contribution in [1.82, 2.24) is 15.0 Å². The molecule has 92 valence electrons. The summed E-state index contributed by atoms with van der Waals surface area (Å²) in [6.45, 7) is 2.01. The lowest BCUT2D eigenvalue weighted by Crippen LogP contribution is -2.06. The summed E-state index contributed by atoms with van der Waals surface area (Å²) in [7, 11) is 0. The Balaban J connectivity index is 2.23. The van der Waals surface area contributed by atoms with Crippen LogP contribution in [0.5, 0.6) is 0 Å². The number of carbonyl (C=O) groups is 2. The molecule has 0 unspecified atom stereocenters. The predicted octanol–water partition coefficient (Wildman–Crippen LogP) is 1.26. The van der Waals surface area contributed by atoms with Crippen molar-refractivity contribution in [3.8, 4) is 5.69 Å². The Kier molecular flexibility index (Phi) is 3.47. The van der Waals surface area contributed by atoms with E-state index >= 15 is 0 Å². The van der Waals surface area contributed by atoms with Gasteiger partial charge in [0.25, 0.3) is 0 Å². The molecule has 0 atom stereocenters. The van der Waals surface area contributed by atoms with Gasteiger partial charge in [0.1, 0.15) is 6.29 Å². The van der Waals surface area contributed by atoms with Crippen molar-refractivity contribution in [3.05, 3.63) is 41.7 Å². The van der Waals surface area contributed by atoms with Gasteiger partial charge in [-0.15, -0.1) is 5.10 Å². The minimum atomic E-state index is -0.506. The van der Waals surface area contributed by atoms with Crippen molar-refractivity contribution in [2.24, 2.45) is 0 Å². The number of rotatable bonds is 4. The molecule has 0 bridgehead atoms. The maximum atomic E-state index is 11.4. The fraction of sp³-hybridized carbons (Fsp3) is 0.167. The largest absolute Gasteiger partial charge is 0.461 e. The zero-order chi connectivity index (χ0) is 13.0. The van der Waals surface area contributed by atoms with Crippen LogP contribution in [0.3, 0.4) is 0 Å². The van der Waals surface area contributed by atoms with Gasteiger partial charge in [-0.2, -0.15) is 9.90 Å². The van der Waals surface area contributed by atoms with Crippen LogP contribution in [0.25, 0.3) is 5.69 Å². The molecule has 6 nitrogen and oxygen atoms in total. The van der Waals surface area contributed by atoms with Crippen molar-refractivity contribution >= 4 is 12.3 Å². The SMILES string of the molecule is CCOC(=O)c1cnn(-c2ccc(C=O)cc2)n1. The normalized spacial score (nSPS) is 10.1. The minimum Gasteiger partial charge on any atom is -0.461 e. The maximum Gasteiger partial charge on any atom is 0.360 e. The molecule has 0 fully saturated rings. The Morgan fingerprint density at radius 2 is 2.11 bits per heavy atom. The van der Waals surface area contributed by atoms with E-state index in [1.54, 1.807) is 31.2 Å². The summed E-state index contributed by atoms with van der Waals surface area (Å²) in [4.78, 5) is 23.2. The molecule has 2 rings (SSSR count). The zero-order valence-electron chi connectivity index (χ0n) is 9.74. The van der Waals surface area contributed by atoms with E-state index in [1.165, 1.54) is 11.0 Å². The molecule has 18 heavy (non-hydrogen) atoms. The number of esters is 1. The number of aromatic nitrogens is 3. The van der Waals surface area contributed by atoms with Crippen LogP contribution in [0.2, 0.25) is 0 Å². The molecule has 2 aromatic rings. The number of benzene rings is 1. The zero-order valence-corrected chi connectivity index (χ0v) is 9.74. The van der Waals surface area contributed by atoms with E-state index in [0.29, 0.717) is 17.9 Å². The first-order valence-corrected chi connectivity index (χ1v) is 5.39. The highest BCUT2D eigenvalue weighted by Gasteiger charge is 2.11. The third-order valence-corrected chi connectivity index (χ3v) is 2.24. The van der Waals surface area contributed by atoms with E-state index in [4.69, 9.17) is 4.74 Å². The van der Waals surface area contributed by atoms with Crippen molar-refractivity contribution in [1.29, 1.82) is 0 Å². The van der Waals surface area contributed by atoms with Crippen LogP contribution in [-0.4, -0.2) is 33.9 Å². The molecule has 0 aliphatic heterocycles. The van der Waals surface area contributed by atoms with Crippen LogP contribution in [0.4, 0.5) is 0 Å². The van der Waals surface area contributed by atoms with E-state index in [2.05, 4.69) is 10.2 Å². The van der Waals surface area contributed by atoms with Gasteiger partial charge in [0.15, 0.2) is 5.69 Å². The van der Waals surface area contributed by atoms with Gasteiger partial charge in [0.05, 0.1) is 18.5 Å². The summed E-state index contributed by atoms with van der Waals surface area (Å²) in [5.74, 6) is -0.506. The summed E-state index contributed by atoms with van der Waals surface area (Å²) in [5, 5.41) is 7.96. The lowest BCUT2D eigenvalue weighted by molar-refractivity contribution is 0.0519. The predicted molar refractivity (Wildman–Crippen MR) is 62.7 cm³/mol. The number of hydrogen-bond donors (Lipinski definition) is 0. The van der Waals surface area contributed by atoms with E-state index in [0.717, 1.165) is 6.29 Å². The second kappa shape index (κ2) is 5.22. The Morgan fingerprint density at radius 3 is 2.72 bits per heavy atom. The summed E-state index contributed by atoms with van der Waals surface area (Å²) in [6.07, 6.45) is 2.09. The van der Waals surface area contributed by atoms with E-state index in [9.17, 15) is 9.59 Å². The second-order valence-corrected chi connectivity index (χ2v) is 3.45. The number of aldehydes is 1. The monoisotopic (exact) mass is 245 g/mol. The quantitative estimate of drug-likeness (QED) is 0.598. The van der Waals surface area contributed by atoms with Gasteiger partial charge >= 0.3 is 5.97 Å². The van der Waals surface area contributed by atoms with Crippen LogP contribution in [-0.2, 0) is 4.74 Å². The fourth-order valence-corrected chi connectivity index (χ4v) is 1.37. The van der Waals surface area contributed by atoms with Crippen molar-refractivity contribution < 1.29 is 14.3 Å². The first-order chi connectivity index (χ1) is 8.74. The topological polar surface area (TPSA) is 74.1 Å². The lowest BCUT2D eigenvalue weighted by Gasteiger charge is -1.99. The minimum absolute atomic E-state index is 0.149. The third-order valence-electron chi connectivity index (χ3n) is 2.24.